The number of nitrogen functional groups attached to an aromatic ring is 1. The Hall–Kier alpha value is -1.48. The lowest BCUT2D eigenvalue weighted by molar-refractivity contribution is 0.416. The van der Waals surface area contributed by atoms with Crippen molar-refractivity contribution in [1.29, 1.82) is 0 Å². The molecule has 2 aromatic rings. The van der Waals surface area contributed by atoms with Gasteiger partial charge in [0, 0.05) is 16.0 Å². The molecule has 0 fully saturated rings. The summed E-state index contributed by atoms with van der Waals surface area (Å²) < 4.78 is 5.48. The molecule has 0 bridgehead atoms. The number of anilines is 1. The maximum Gasteiger partial charge on any atom is 0.127 e. The van der Waals surface area contributed by atoms with Crippen molar-refractivity contribution in [3.05, 3.63) is 34.2 Å². The number of hydrogen-bond acceptors (Lipinski definition) is 3. The number of thiophene rings is 1. The van der Waals surface area contributed by atoms with Gasteiger partial charge in [0.15, 0.2) is 0 Å². The number of rotatable bonds is 3. The Morgan fingerprint density at radius 1 is 1.11 bits per heavy atom. The van der Waals surface area contributed by atoms with Gasteiger partial charge in [0.05, 0.1) is 12.1 Å². The molecule has 0 saturated heterocycles. The summed E-state index contributed by atoms with van der Waals surface area (Å²) in [5.74, 6) is 0.894. The zero-order valence-electron chi connectivity index (χ0n) is 11.3. The molecule has 0 saturated carbocycles. The first-order valence-electron chi connectivity index (χ1n) is 6.10. The smallest absolute Gasteiger partial charge is 0.127 e. The predicted octanol–water partition coefficient (Wildman–Crippen LogP) is 4.19. The molecule has 1 heterocycles. The molecule has 2 rings (SSSR count). The zero-order chi connectivity index (χ0) is 13.3. The lowest BCUT2D eigenvalue weighted by Gasteiger charge is -2.11. The summed E-state index contributed by atoms with van der Waals surface area (Å²) in [6, 6.07) is 6.41. The summed E-state index contributed by atoms with van der Waals surface area (Å²) in [6.07, 6.45) is 1.02. The zero-order valence-corrected chi connectivity index (χ0v) is 12.1. The van der Waals surface area contributed by atoms with Gasteiger partial charge in [-0.2, -0.15) is 0 Å². The second kappa shape index (κ2) is 5.02. The third-order valence-corrected chi connectivity index (χ3v) is 4.37. The van der Waals surface area contributed by atoms with E-state index in [0.717, 1.165) is 28.3 Å². The first kappa shape index (κ1) is 13.0. The highest BCUT2D eigenvalue weighted by atomic mass is 32.1. The van der Waals surface area contributed by atoms with Crippen LogP contribution in [-0.2, 0) is 6.42 Å². The van der Waals surface area contributed by atoms with Crippen LogP contribution in [0, 0.1) is 13.8 Å². The van der Waals surface area contributed by atoms with E-state index in [1.54, 1.807) is 18.4 Å². The minimum absolute atomic E-state index is 0.869. The standard InChI is InChI=1S/C15H19NOS/c1-5-11-8-13(15(16)18-11)12-6-9(2)10(3)7-14(12)17-4/h6-8H,5,16H2,1-4H3. The fraction of sp³-hybridized carbons (Fsp3) is 0.333. The van der Waals surface area contributed by atoms with Crippen LogP contribution in [0.2, 0.25) is 0 Å². The number of methoxy groups -OCH3 is 1. The van der Waals surface area contributed by atoms with Crippen molar-refractivity contribution in [1.82, 2.24) is 0 Å². The maximum atomic E-state index is 6.12. The van der Waals surface area contributed by atoms with Crippen molar-refractivity contribution in [3.8, 4) is 16.9 Å². The van der Waals surface area contributed by atoms with Crippen LogP contribution in [0.1, 0.15) is 22.9 Å². The largest absolute Gasteiger partial charge is 0.496 e. The molecule has 0 unspecified atom stereocenters. The highest BCUT2D eigenvalue weighted by molar-refractivity contribution is 7.16. The normalized spacial score (nSPS) is 10.7. The summed E-state index contributed by atoms with van der Waals surface area (Å²) in [4.78, 5) is 1.31. The molecule has 0 aliphatic heterocycles. The lowest BCUT2D eigenvalue weighted by atomic mass is 10.0. The van der Waals surface area contributed by atoms with Gasteiger partial charge in [-0.05, 0) is 49.6 Å². The number of aryl methyl sites for hydroxylation is 3. The second-order valence-corrected chi connectivity index (χ2v) is 5.65. The SMILES string of the molecule is CCc1cc(-c2cc(C)c(C)cc2OC)c(N)s1. The molecule has 1 aromatic heterocycles. The van der Waals surface area contributed by atoms with Gasteiger partial charge in [-0.1, -0.05) is 6.92 Å². The molecule has 1 aromatic carbocycles. The first-order valence-corrected chi connectivity index (χ1v) is 6.92. The molecule has 0 atom stereocenters. The average molecular weight is 261 g/mol. The lowest BCUT2D eigenvalue weighted by Crippen LogP contribution is -1.92. The van der Waals surface area contributed by atoms with Crippen LogP contribution in [0.5, 0.6) is 5.75 Å². The van der Waals surface area contributed by atoms with Gasteiger partial charge in [-0.25, -0.2) is 0 Å². The number of benzene rings is 1. The van der Waals surface area contributed by atoms with Gasteiger partial charge in [-0.3, -0.25) is 0 Å². The minimum atomic E-state index is 0.869. The van der Waals surface area contributed by atoms with Gasteiger partial charge in [0.1, 0.15) is 5.75 Å². The summed E-state index contributed by atoms with van der Waals surface area (Å²) in [5.41, 5.74) is 10.8. The molecule has 2 nitrogen and oxygen atoms in total. The highest BCUT2D eigenvalue weighted by Crippen LogP contribution is 2.40. The Balaban J connectivity index is 2.61. The average Bonchev–Trinajstić information content (AvgIpc) is 2.73. The molecule has 2 N–H and O–H groups in total. The number of nitrogens with two attached hydrogens (primary N) is 1. The van der Waals surface area contributed by atoms with E-state index in [1.807, 2.05) is 0 Å². The summed E-state index contributed by atoms with van der Waals surface area (Å²) in [6.45, 7) is 6.35. The monoisotopic (exact) mass is 261 g/mol. The van der Waals surface area contributed by atoms with E-state index in [1.165, 1.54) is 16.0 Å². The first-order chi connectivity index (χ1) is 8.56. The molecule has 0 aliphatic rings. The molecular formula is C15H19NOS. The molecule has 0 amide bonds. The molecule has 3 heteroatoms. The topological polar surface area (TPSA) is 35.2 Å². The van der Waals surface area contributed by atoms with Crippen LogP contribution >= 0.6 is 11.3 Å². The van der Waals surface area contributed by atoms with Crippen LogP contribution < -0.4 is 10.5 Å². The maximum absolute atomic E-state index is 6.12. The Morgan fingerprint density at radius 3 is 2.33 bits per heavy atom. The van der Waals surface area contributed by atoms with Gasteiger partial charge in [0.2, 0.25) is 0 Å². The van der Waals surface area contributed by atoms with E-state index in [4.69, 9.17) is 10.5 Å². The summed E-state index contributed by atoms with van der Waals surface area (Å²) in [5, 5.41) is 0.869. The Bertz CT molecular complexity index is 572. The van der Waals surface area contributed by atoms with Gasteiger partial charge in [0.25, 0.3) is 0 Å². The van der Waals surface area contributed by atoms with Crippen molar-refractivity contribution >= 4 is 16.3 Å². The highest BCUT2D eigenvalue weighted by Gasteiger charge is 2.13. The molecule has 0 aliphatic carbocycles. The van der Waals surface area contributed by atoms with Gasteiger partial charge < -0.3 is 10.5 Å². The van der Waals surface area contributed by atoms with E-state index in [9.17, 15) is 0 Å². The van der Waals surface area contributed by atoms with E-state index in [-0.39, 0.29) is 0 Å². The van der Waals surface area contributed by atoms with Gasteiger partial charge >= 0.3 is 0 Å². The number of hydrogen-bond donors (Lipinski definition) is 1. The van der Waals surface area contributed by atoms with Crippen molar-refractivity contribution in [3.63, 3.8) is 0 Å². The molecule has 96 valence electrons. The van der Waals surface area contributed by atoms with Gasteiger partial charge in [-0.15, -0.1) is 11.3 Å². The number of ether oxygens (including phenoxy) is 1. The Morgan fingerprint density at radius 2 is 1.78 bits per heavy atom. The van der Waals surface area contributed by atoms with E-state index in [2.05, 4.69) is 39.0 Å². The third kappa shape index (κ3) is 2.23. The Labute approximate surface area is 112 Å². The molecule has 18 heavy (non-hydrogen) atoms. The van der Waals surface area contributed by atoms with Crippen LogP contribution in [0.4, 0.5) is 5.00 Å². The minimum Gasteiger partial charge on any atom is -0.496 e. The summed E-state index contributed by atoms with van der Waals surface area (Å²) >= 11 is 1.66. The quantitative estimate of drug-likeness (QED) is 0.899. The fourth-order valence-corrected chi connectivity index (χ4v) is 2.89. The molecule has 0 radical (unpaired) electrons. The van der Waals surface area contributed by atoms with E-state index < -0.39 is 0 Å². The summed E-state index contributed by atoms with van der Waals surface area (Å²) in [7, 11) is 1.71. The molecule has 0 spiro atoms. The van der Waals surface area contributed by atoms with Crippen molar-refractivity contribution in [2.75, 3.05) is 12.8 Å². The fourth-order valence-electron chi connectivity index (χ4n) is 2.01. The van der Waals surface area contributed by atoms with Crippen molar-refractivity contribution in [2.45, 2.75) is 27.2 Å². The predicted molar refractivity (Wildman–Crippen MR) is 79.6 cm³/mol. The third-order valence-electron chi connectivity index (χ3n) is 3.27. The van der Waals surface area contributed by atoms with Crippen LogP contribution in [-0.4, -0.2) is 7.11 Å². The molecular weight excluding hydrogens is 242 g/mol. The van der Waals surface area contributed by atoms with E-state index >= 15 is 0 Å². The van der Waals surface area contributed by atoms with Crippen LogP contribution in [0.25, 0.3) is 11.1 Å². The van der Waals surface area contributed by atoms with E-state index in [0.29, 0.717) is 0 Å². The van der Waals surface area contributed by atoms with Crippen LogP contribution in [0.3, 0.4) is 0 Å². The van der Waals surface area contributed by atoms with Crippen molar-refractivity contribution < 1.29 is 4.74 Å². The van der Waals surface area contributed by atoms with Crippen LogP contribution in [0.15, 0.2) is 18.2 Å². The van der Waals surface area contributed by atoms with Crippen molar-refractivity contribution in [2.24, 2.45) is 0 Å². The second-order valence-electron chi connectivity index (χ2n) is 4.48. The Kier molecular flexibility index (Phi) is 3.62.